The maximum Gasteiger partial charge on any atom is 0.417 e. The molecular weight excluding hydrogens is 507 g/mol. The number of rotatable bonds is 5. The van der Waals surface area contributed by atoms with E-state index in [0.29, 0.717) is 16.2 Å². The quantitative estimate of drug-likeness (QED) is 0.365. The number of alkyl halides is 3. The van der Waals surface area contributed by atoms with Gasteiger partial charge in [0, 0.05) is 29.5 Å². The van der Waals surface area contributed by atoms with Crippen molar-refractivity contribution in [2.45, 2.75) is 23.7 Å². The molecule has 0 saturated heterocycles. The number of nitriles is 1. The molecule has 0 aliphatic rings. The molecule has 0 N–H and O–H groups in total. The first-order valence-corrected chi connectivity index (χ1v) is 12.3. The number of fused-ring (bicyclic) bond motifs is 1. The van der Waals surface area contributed by atoms with E-state index < -0.39 is 38.6 Å². The van der Waals surface area contributed by atoms with Gasteiger partial charge >= 0.3 is 6.18 Å². The van der Waals surface area contributed by atoms with Crippen molar-refractivity contribution in [2.75, 3.05) is 0 Å². The predicted octanol–water partition coefficient (Wildman–Crippen LogP) is 3.31. The molecular formula is C21H13F3N5O4S2-. The predicted molar refractivity (Wildman–Crippen MR) is 117 cm³/mol. The zero-order valence-corrected chi connectivity index (χ0v) is 19.3. The molecule has 9 nitrogen and oxygen atoms in total. The molecule has 4 aromatic rings. The van der Waals surface area contributed by atoms with E-state index in [1.165, 1.54) is 12.1 Å². The summed E-state index contributed by atoms with van der Waals surface area (Å²) in [5.41, 5.74) is -1.28. The third-order valence-corrected chi connectivity index (χ3v) is 7.14. The molecule has 1 atom stereocenters. The summed E-state index contributed by atoms with van der Waals surface area (Å²) in [4.78, 5) is 11.4. The molecule has 0 amide bonds. The van der Waals surface area contributed by atoms with E-state index in [-0.39, 0.29) is 38.6 Å². The van der Waals surface area contributed by atoms with Crippen LogP contribution in [-0.2, 0) is 33.0 Å². The SMILES string of the molecule is Cc1ccc(S(=O)(=O)n2cc(-c3nc(CS(=O)[O-])ncc3C#N)c3cc(C(F)(F)F)cnc32)cc1. The third kappa shape index (κ3) is 4.65. The van der Waals surface area contributed by atoms with Crippen molar-refractivity contribution in [1.82, 2.24) is 18.9 Å². The van der Waals surface area contributed by atoms with Gasteiger partial charge in [-0.2, -0.15) is 18.4 Å². The lowest BCUT2D eigenvalue weighted by molar-refractivity contribution is -0.137. The van der Waals surface area contributed by atoms with Gasteiger partial charge in [0.15, 0.2) is 5.65 Å². The van der Waals surface area contributed by atoms with Crippen LogP contribution in [0.25, 0.3) is 22.3 Å². The van der Waals surface area contributed by atoms with Crippen LogP contribution < -0.4 is 0 Å². The number of hydrogen-bond donors (Lipinski definition) is 0. The molecule has 4 rings (SSSR count). The Kier molecular flexibility index (Phi) is 6.18. The highest BCUT2D eigenvalue weighted by Gasteiger charge is 2.33. The summed E-state index contributed by atoms with van der Waals surface area (Å²) in [5, 5.41) is 9.26. The number of aromatic nitrogens is 4. The van der Waals surface area contributed by atoms with E-state index in [0.717, 1.165) is 18.0 Å². The first kappa shape index (κ1) is 24.5. The number of pyridine rings is 1. The van der Waals surface area contributed by atoms with Crippen LogP contribution in [0.1, 0.15) is 22.5 Å². The summed E-state index contributed by atoms with van der Waals surface area (Å²) in [7, 11) is -4.32. The van der Waals surface area contributed by atoms with Crippen LogP contribution in [0.4, 0.5) is 13.2 Å². The van der Waals surface area contributed by atoms with Gasteiger partial charge in [-0.15, -0.1) is 0 Å². The van der Waals surface area contributed by atoms with E-state index in [1.54, 1.807) is 25.1 Å². The Labute approximate surface area is 199 Å². The molecule has 0 spiro atoms. The Morgan fingerprint density at radius 3 is 2.46 bits per heavy atom. The molecule has 14 heteroatoms. The van der Waals surface area contributed by atoms with Crippen molar-refractivity contribution in [3.05, 3.63) is 71.4 Å². The maximum absolute atomic E-state index is 13.4. The summed E-state index contributed by atoms with van der Waals surface area (Å²) >= 11 is -2.59. The van der Waals surface area contributed by atoms with Gasteiger partial charge in [-0.05, 0) is 36.2 Å². The van der Waals surface area contributed by atoms with Crippen molar-refractivity contribution in [3.63, 3.8) is 0 Å². The number of halogens is 3. The van der Waals surface area contributed by atoms with Gasteiger partial charge in [0.1, 0.15) is 11.9 Å². The normalized spacial score (nSPS) is 13.0. The van der Waals surface area contributed by atoms with Crippen molar-refractivity contribution < 1.29 is 30.4 Å². The average Bonchev–Trinajstić information content (AvgIpc) is 3.18. The Morgan fingerprint density at radius 1 is 1.17 bits per heavy atom. The molecule has 0 radical (unpaired) electrons. The fourth-order valence-corrected chi connectivity index (χ4v) is 4.98. The fourth-order valence-electron chi connectivity index (χ4n) is 3.31. The summed E-state index contributed by atoms with van der Waals surface area (Å²) in [6.45, 7) is 1.75. The summed E-state index contributed by atoms with van der Waals surface area (Å²) in [6.07, 6.45) is -2.26. The van der Waals surface area contributed by atoms with Gasteiger partial charge < -0.3 is 4.55 Å². The molecule has 0 aliphatic carbocycles. The van der Waals surface area contributed by atoms with Gasteiger partial charge in [-0.1, -0.05) is 17.7 Å². The fraction of sp³-hybridized carbons (Fsp3) is 0.143. The highest BCUT2D eigenvalue weighted by atomic mass is 32.2. The Balaban J connectivity index is 2.06. The van der Waals surface area contributed by atoms with Crippen molar-refractivity contribution in [2.24, 2.45) is 0 Å². The molecule has 180 valence electrons. The molecule has 0 saturated carbocycles. The molecule has 3 heterocycles. The summed E-state index contributed by atoms with van der Waals surface area (Å²) < 4.78 is 89.9. The minimum absolute atomic E-state index is 0.140. The first-order chi connectivity index (χ1) is 16.4. The first-order valence-electron chi connectivity index (χ1n) is 9.64. The molecule has 0 bridgehead atoms. The van der Waals surface area contributed by atoms with E-state index >= 15 is 0 Å². The Bertz CT molecular complexity index is 1630. The smallest absolute Gasteiger partial charge is 0.417 e. The van der Waals surface area contributed by atoms with Crippen molar-refractivity contribution in [3.8, 4) is 17.3 Å². The monoisotopic (exact) mass is 520 g/mol. The van der Waals surface area contributed by atoms with E-state index in [1.807, 2.05) is 0 Å². The van der Waals surface area contributed by atoms with Crippen LogP contribution in [-0.4, -0.2) is 36.1 Å². The second-order valence-electron chi connectivity index (χ2n) is 7.36. The van der Waals surface area contributed by atoms with Gasteiger partial charge in [0.2, 0.25) is 0 Å². The Morgan fingerprint density at radius 2 is 1.86 bits per heavy atom. The van der Waals surface area contributed by atoms with Crippen LogP contribution in [0.15, 0.2) is 53.8 Å². The molecule has 35 heavy (non-hydrogen) atoms. The van der Waals surface area contributed by atoms with Gasteiger partial charge in [-0.3, -0.25) is 4.21 Å². The number of aryl methyl sites for hydroxylation is 1. The Hall–Kier alpha value is -3.67. The topological polar surface area (TPSA) is 142 Å². The second-order valence-corrected chi connectivity index (χ2v) is 10.1. The molecule has 1 aromatic carbocycles. The number of hydrogen-bond acceptors (Lipinski definition) is 8. The van der Waals surface area contributed by atoms with Gasteiger partial charge in [0.05, 0.1) is 27.5 Å². The minimum atomic E-state index is -4.79. The van der Waals surface area contributed by atoms with Crippen molar-refractivity contribution in [1.29, 1.82) is 5.26 Å². The summed E-state index contributed by atoms with van der Waals surface area (Å²) in [5.74, 6) is -0.847. The lowest BCUT2D eigenvalue weighted by atomic mass is 10.1. The van der Waals surface area contributed by atoms with E-state index in [4.69, 9.17) is 0 Å². The molecule has 3 aromatic heterocycles. The van der Waals surface area contributed by atoms with Crippen LogP contribution in [0, 0.1) is 18.3 Å². The largest absolute Gasteiger partial charge is 0.772 e. The lowest BCUT2D eigenvalue weighted by Crippen LogP contribution is -2.13. The zero-order chi connectivity index (χ0) is 25.5. The van der Waals surface area contributed by atoms with Crippen LogP contribution in [0.2, 0.25) is 0 Å². The lowest BCUT2D eigenvalue weighted by Gasteiger charge is -2.09. The highest BCUT2D eigenvalue weighted by Crippen LogP contribution is 2.37. The third-order valence-electron chi connectivity index (χ3n) is 4.98. The standard InChI is InChI=1S/C21H14F3N5O4S2/c1-12-2-4-15(5-3-12)35(32,33)29-10-17(16-6-14(21(22,23)24)9-27-20(16)29)19-13(7-25)8-26-18(28-19)11-34(30)31/h2-6,8-10H,11H2,1H3,(H,30,31)/p-1. The second kappa shape index (κ2) is 8.84. The minimum Gasteiger partial charge on any atom is -0.772 e. The van der Waals surface area contributed by atoms with Crippen molar-refractivity contribution >= 4 is 32.1 Å². The van der Waals surface area contributed by atoms with Gasteiger partial charge in [-0.25, -0.2) is 27.3 Å². The molecule has 1 unspecified atom stereocenters. The summed E-state index contributed by atoms with van der Waals surface area (Å²) in [6, 6.07) is 8.29. The van der Waals surface area contributed by atoms with Gasteiger partial charge in [0.25, 0.3) is 10.0 Å². The molecule has 0 aliphatic heterocycles. The average molecular weight is 520 g/mol. The number of benzene rings is 1. The van der Waals surface area contributed by atoms with Crippen LogP contribution >= 0.6 is 0 Å². The van der Waals surface area contributed by atoms with E-state index in [2.05, 4.69) is 15.0 Å². The van der Waals surface area contributed by atoms with E-state index in [9.17, 15) is 35.6 Å². The zero-order valence-electron chi connectivity index (χ0n) is 17.6. The van der Waals surface area contributed by atoms with Crippen LogP contribution in [0.3, 0.4) is 0 Å². The maximum atomic E-state index is 13.4. The highest BCUT2D eigenvalue weighted by molar-refractivity contribution is 7.90. The number of nitrogens with zero attached hydrogens (tertiary/aromatic N) is 5. The molecule has 0 fully saturated rings. The van der Waals surface area contributed by atoms with Crippen LogP contribution in [0.5, 0.6) is 0 Å².